The summed E-state index contributed by atoms with van der Waals surface area (Å²) in [5, 5.41) is 5.93. The molecule has 2 aromatic heterocycles. The lowest BCUT2D eigenvalue weighted by Crippen LogP contribution is -2.23. The zero-order valence-electron chi connectivity index (χ0n) is 12.1. The van der Waals surface area contributed by atoms with E-state index < -0.39 is 0 Å². The van der Waals surface area contributed by atoms with Gasteiger partial charge in [-0.25, -0.2) is 9.97 Å². The van der Waals surface area contributed by atoms with E-state index in [2.05, 4.69) is 20.6 Å². The largest absolute Gasteiger partial charge is 0.481 e. The van der Waals surface area contributed by atoms with Gasteiger partial charge in [0.1, 0.15) is 5.82 Å². The molecule has 110 valence electrons. The fourth-order valence-corrected chi connectivity index (χ4v) is 1.81. The Hall–Kier alpha value is -2.63. The van der Waals surface area contributed by atoms with Crippen molar-refractivity contribution in [1.29, 1.82) is 0 Å². The third-order valence-corrected chi connectivity index (χ3v) is 2.84. The summed E-state index contributed by atoms with van der Waals surface area (Å²) in [6, 6.07) is 7.03. The van der Waals surface area contributed by atoms with Crippen LogP contribution in [-0.2, 0) is 6.54 Å². The van der Waals surface area contributed by atoms with Gasteiger partial charge in [0.25, 0.3) is 5.91 Å². The highest BCUT2D eigenvalue weighted by Crippen LogP contribution is 2.09. The molecule has 6 nitrogen and oxygen atoms in total. The average Bonchev–Trinajstić information content (AvgIpc) is 2.53. The molecule has 2 rings (SSSR count). The first-order valence-electron chi connectivity index (χ1n) is 6.70. The molecule has 0 aromatic carbocycles. The molecule has 0 saturated carbocycles. The van der Waals surface area contributed by atoms with E-state index in [4.69, 9.17) is 4.74 Å². The van der Waals surface area contributed by atoms with Crippen LogP contribution >= 0.6 is 0 Å². The van der Waals surface area contributed by atoms with E-state index in [1.807, 2.05) is 13.0 Å². The predicted molar refractivity (Wildman–Crippen MR) is 80.4 cm³/mol. The van der Waals surface area contributed by atoms with Crippen LogP contribution in [0.25, 0.3) is 0 Å². The maximum absolute atomic E-state index is 12.1. The zero-order valence-corrected chi connectivity index (χ0v) is 12.1. The van der Waals surface area contributed by atoms with Gasteiger partial charge in [0.2, 0.25) is 5.88 Å². The summed E-state index contributed by atoms with van der Waals surface area (Å²) in [6.45, 7) is 3.15. The minimum Gasteiger partial charge on any atom is -0.481 e. The van der Waals surface area contributed by atoms with Crippen LogP contribution in [0.4, 0.5) is 5.82 Å². The number of hydrogen-bond donors (Lipinski definition) is 2. The number of aromatic nitrogens is 2. The van der Waals surface area contributed by atoms with Gasteiger partial charge in [0.05, 0.1) is 7.11 Å². The number of methoxy groups -OCH3 is 1. The summed E-state index contributed by atoms with van der Waals surface area (Å²) in [4.78, 5) is 20.3. The molecule has 0 saturated heterocycles. The van der Waals surface area contributed by atoms with Crippen LogP contribution in [0.2, 0.25) is 0 Å². The Morgan fingerprint density at radius 3 is 2.81 bits per heavy atom. The third-order valence-electron chi connectivity index (χ3n) is 2.84. The zero-order chi connectivity index (χ0) is 15.1. The van der Waals surface area contributed by atoms with E-state index in [0.717, 1.165) is 12.1 Å². The number of carbonyl (C=O) groups is 1. The fourth-order valence-electron chi connectivity index (χ4n) is 1.81. The molecule has 2 heterocycles. The second kappa shape index (κ2) is 7.23. The standard InChI is InChI=1S/C15H18N4O2/c1-3-16-13-9-12(5-7-17-13)15(20)19-10-11-4-6-18-14(8-11)21-2/h4-9H,3,10H2,1-2H3,(H,16,17)(H,19,20). The lowest BCUT2D eigenvalue weighted by molar-refractivity contribution is 0.0951. The van der Waals surface area contributed by atoms with E-state index in [0.29, 0.717) is 23.8 Å². The monoisotopic (exact) mass is 286 g/mol. The normalized spacial score (nSPS) is 10.0. The molecule has 0 atom stereocenters. The van der Waals surface area contributed by atoms with Gasteiger partial charge in [-0.1, -0.05) is 0 Å². The van der Waals surface area contributed by atoms with Crippen LogP contribution in [0.1, 0.15) is 22.8 Å². The van der Waals surface area contributed by atoms with Gasteiger partial charge < -0.3 is 15.4 Å². The van der Waals surface area contributed by atoms with Crippen molar-refractivity contribution in [2.75, 3.05) is 19.0 Å². The van der Waals surface area contributed by atoms with E-state index in [-0.39, 0.29) is 5.91 Å². The fraction of sp³-hybridized carbons (Fsp3) is 0.267. The smallest absolute Gasteiger partial charge is 0.251 e. The third kappa shape index (κ3) is 4.17. The number of anilines is 1. The van der Waals surface area contributed by atoms with Crippen LogP contribution in [0, 0.1) is 0 Å². The molecule has 1 amide bonds. The maximum Gasteiger partial charge on any atom is 0.251 e. The average molecular weight is 286 g/mol. The van der Waals surface area contributed by atoms with Crippen molar-refractivity contribution in [3.63, 3.8) is 0 Å². The number of nitrogens with one attached hydrogen (secondary N) is 2. The molecule has 0 aliphatic carbocycles. The predicted octanol–water partition coefficient (Wildman–Crippen LogP) is 1.85. The lowest BCUT2D eigenvalue weighted by atomic mass is 10.2. The number of rotatable bonds is 6. The highest BCUT2D eigenvalue weighted by molar-refractivity contribution is 5.94. The number of carbonyl (C=O) groups excluding carboxylic acids is 1. The Kier molecular flexibility index (Phi) is 5.09. The van der Waals surface area contributed by atoms with Crippen LogP contribution in [0.5, 0.6) is 5.88 Å². The molecular formula is C15H18N4O2. The molecular weight excluding hydrogens is 268 g/mol. The Morgan fingerprint density at radius 2 is 2.05 bits per heavy atom. The number of hydrogen-bond acceptors (Lipinski definition) is 5. The molecule has 2 aromatic rings. The van der Waals surface area contributed by atoms with Crippen molar-refractivity contribution in [3.05, 3.63) is 47.8 Å². The highest BCUT2D eigenvalue weighted by atomic mass is 16.5. The van der Waals surface area contributed by atoms with Gasteiger partial charge in [-0.2, -0.15) is 0 Å². The Balaban J connectivity index is 1.99. The van der Waals surface area contributed by atoms with Crippen molar-refractivity contribution in [2.24, 2.45) is 0 Å². The number of amides is 1. The molecule has 0 aliphatic rings. The minimum atomic E-state index is -0.146. The first-order chi connectivity index (χ1) is 10.2. The molecule has 2 N–H and O–H groups in total. The summed E-state index contributed by atoms with van der Waals surface area (Å²) in [7, 11) is 1.56. The number of ether oxygens (including phenoxy) is 1. The van der Waals surface area contributed by atoms with Gasteiger partial charge in [0.15, 0.2) is 0 Å². The molecule has 0 spiro atoms. The van der Waals surface area contributed by atoms with Gasteiger partial charge in [0, 0.05) is 37.1 Å². The van der Waals surface area contributed by atoms with Crippen LogP contribution < -0.4 is 15.4 Å². The Labute approximate surface area is 123 Å². The topological polar surface area (TPSA) is 76.1 Å². The first kappa shape index (κ1) is 14.8. The van der Waals surface area contributed by atoms with Crippen molar-refractivity contribution in [2.45, 2.75) is 13.5 Å². The quantitative estimate of drug-likeness (QED) is 0.847. The van der Waals surface area contributed by atoms with Crippen molar-refractivity contribution < 1.29 is 9.53 Å². The Morgan fingerprint density at radius 1 is 1.24 bits per heavy atom. The molecule has 6 heteroatoms. The van der Waals surface area contributed by atoms with E-state index in [1.165, 1.54) is 0 Å². The van der Waals surface area contributed by atoms with Gasteiger partial charge in [-0.05, 0) is 30.7 Å². The molecule has 0 radical (unpaired) electrons. The van der Waals surface area contributed by atoms with E-state index in [9.17, 15) is 4.79 Å². The van der Waals surface area contributed by atoms with Crippen molar-refractivity contribution in [3.8, 4) is 5.88 Å². The second-order valence-electron chi connectivity index (χ2n) is 4.35. The molecule has 0 unspecified atom stereocenters. The molecule has 21 heavy (non-hydrogen) atoms. The number of pyridine rings is 2. The first-order valence-corrected chi connectivity index (χ1v) is 6.70. The maximum atomic E-state index is 12.1. The summed E-state index contributed by atoms with van der Waals surface area (Å²) in [5.74, 6) is 1.07. The van der Waals surface area contributed by atoms with Crippen molar-refractivity contribution >= 4 is 11.7 Å². The van der Waals surface area contributed by atoms with Crippen LogP contribution in [0.15, 0.2) is 36.7 Å². The SMILES string of the molecule is CCNc1cc(C(=O)NCc2ccnc(OC)c2)ccn1. The number of nitrogens with zero attached hydrogens (tertiary/aromatic N) is 2. The summed E-state index contributed by atoms with van der Waals surface area (Å²) in [6.07, 6.45) is 3.26. The second-order valence-corrected chi connectivity index (χ2v) is 4.35. The minimum absolute atomic E-state index is 0.146. The van der Waals surface area contributed by atoms with Crippen molar-refractivity contribution in [1.82, 2.24) is 15.3 Å². The van der Waals surface area contributed by atoms with Crippen LogP contribution in [-0.4, -0.2) is 29.5 Å². The highest BCUT2D eigenvalue weighted by Gasteiger charge is 2.07. The van der Waals surface area contributed by atoms with Gasteiger partial charge >= 0.3 is 0 Å². The summed E-state index contributed by atoms with van der Waals surface area (Å²) >= 11 is 0. The summed E-state index contributed by atoms with van der Waals surface area (Å²) in [5.41, 5.74) is 1.50. The molecule has 0 fully saturated rings. The van der Waals surface area contributed by atoms with Gasteiger partial charge in [-0.15, -0.1) is 0 Å². The van der Waals surface area contributed by atoms with Crippen LogP contribution in [0.3, 0.4) is 0 Å². The van der Waals surface area contributed by atoms with E-state index in [1.54, 1.807) is 37.7 Å². The Bertz CT molecular complexity index is 616. The van der Waals surface area contributed by atoms with Gasteiger partial charge in [-0.3, -0.25) is 4.79 Å². The van der Waals surface area contributed by atoms with E-state index >= 15 is 0 Å². The summed E-state index contributed by atoms with van der Waals surface area (Å²) < 4.78 is 5.05. The molecule has 0 aliphatic heterocycles. The lowest BCUT2D eigenvalue weighted by Gasteiger charge is -2.08. The molecule has 0 bridgehead atoms.